The molecule has 0 saturated heterocycles. The van der Waals surface area contributed by atoms with Gasteiger partial charge in [0.15, 0.2) is 0 Å². The summed E-state index contributed by atoms with van der Waals surface area (Å²) in [6.45, 7) is 1.55. The first-order chi connectivity index (χ1) is 12.6. The standard InChI is InChI=1S/C16H16F3N3O5/c1-8(12-13(23)21-15(25)22-14(12)24)20-10-7-9(16(17,18)19)3-4-11(10)27-6-5-26-2/h3-4,7H,5-6H2,1-2H3,(H3,21,22,23,24,25). The maximum atomic E-state index is 13.0. The number of nitrogens with zero attached hydrogens (tertiary/aromatic N) is 1. The van der Waals surface area contributed by atoms with Gasteiger partial charge in [-0.2, -0.15) is 13.2 Å². The van der Waals surface area contributed by atoms with Crippen molar-refractivity contribution in [2.24, 2.45) is 4.99 Å². The Hall–Kier alpha value is -3.08. The van der Waals surface area contributed by atoms with Crippen molar-refractivity contribution in [2.75, 3.05) is 20.3 Å². The first-order valence-electron chi connectivity index (χ1n) is 7.57. The summed E-state index contributed by atoms with van der Waals surface area (Å²) in [4.78, 5) is 30.9. The number of nitrogens with one attached hydrogen (secondary N) is 2. The third-order valence-electron chi connectivity index (χ3n) is 3.40. The Morgan fingerprint density at radius 1 is 1.22 bits per heavy atom. The van der Waals surface area contributed by atoms with Crippen molar-refractivity contribution in [2.45, 2.75) is 13.1 Å². The molecule has 146 valence electrons. The molecule has 0 aliphatic carbocycles. The molecule has 0 radical (unpaired) electrons. The van der Waals surface area contributed by atoms with Crippen molar-refractivity contribution in [3.8, 4) is 11.6 Å². The summed E-state index contributed by atoms with van der Waals surface area (Å²) in [5.74, 6) is -0.724. The zero-order valence-electron chi connectivity index (χ0n) is 14.3. The maximum Gasteiger partial charge on any atom is 0.416 e. The van der Waals surface area contributed by atoms with E-state index in [1.807, 2.05) is 9.97 Å². The summed E-state index contributed by atoms with van der Waals surface area (Å²) in [7, 11) is 1.44. The molecular formula is C16H16F3N3O5. The van der Waals surface area contributed by atoms with Gasteiger partial charge in [-0.1, -0.05) is 0 Å². The molecular weight excluding hydrogens is 371 g/mol. The summed E-state index contributed by atoms with van der Waals surface area (Å²) in [5, 5.41) is 9.76. The number of methoxy groups -OCH3 is 1. The highest BCUT2D eigenvalue weighted by atomic mass is 19.4. The topological polar surface area (TPSA) is 117 Å². The van der Waals surface area contributed by atoms with Crippen LogP contribution in [0.1, 0.15) is 18.1 Å². The highest BCUT2D eigenvalue weighted by molar-refractivity contribution is 6.01. The van der Waals surface area contributed by atoms with Gasteiger partial charge < -0.3 is 14.6 Å². The van der Waals surface area contributed by atoms with E-state index in [0.29, 0.717) is 0 Å². The minimum Gasteiger partial charge on any atom is -0.494 e. The zero-order chi connectivity index (χ0) is 20.2. The molecule has 0 spiro atoms. The van der Waals surface area contributed by atoms with Crippen molar-refractivity contribution in [3.63, 3.8) is 0 Å². The van der Waals surface area contributed by atoms with E-state index in [1.54, 1.807) is 0 Å². The maximum absolute atomic E-state index is 13.0. The van der Waals surface area contributed by atoms with Gasteiger partial charge in [-0.25, -0.2) is 9.79 Å². The minimum atomic E-state index is -4.61. The Kier molecular flexibility index (Phi) is 6.05. The SMILES string of the molecule is COCCOc1ccc(C(F)(F)F)cc1N=C(C)c1c(O)[nH]c(=O)[nH]c1=O. The van der Waals surface area contributed by atoms with E-state index in [9.17, 15) is 27.9 Å². The van der Waals surface area contributed by atoms with Gasteiger partial charge in [0.25, 0.3) is 5.56 Å². The number of rotatable bonds is 6. The van der Waals surface area contributed by atoms with Gasteiger partial charge in [-0.15, -0.1) is 0 Å². The van der Waals surface area contributed by atoms with Gasteiger partial charge in [-0.05, 0) is 25.1 Å². The molecule has 0 unspecified atom stereocenters. The van der Waals surface area contributed by atoms with Crippen LogP contribution >= 0.6 is 0 Å². The van der Waals surface area contributed by atoms with Gasteiger partial charge in [0.05, 0.1) is 17.9 Å². The monoisotopic (exact) mass is 387 g/mol. The number of alkyl halides is 3. The molecule has 8 nitrogen and oxygen atoms in total. The van der Waals surface area contributed by atoms with E-state index < -0.39 is 28.9 Å². The van der Waals surface area contributed by atoms with E-state index in [0.717, 1.165) is 18.2 Å². The fourth-order valence-corrected chi connectivity index (χ4v) is 2.18. The van der Waals surface area contributed by atoms with E-state index in [2.05, 4.69) is 4.99 Å². The zero-order valence-corrected chi connectivity index (χ0v) is 14.3. The second-order valence-corrected chi connectivity index (χ2v) is 5.35. The fraction of sp³-hybridized carbons (Fsp3) is 0.312. The summed E-state index contributed by atoms with van der Waals surface area (Å²) >= 11 is 0. The lowest BCUT2D eigenvalue weighted by Crippen LogP contribution is -2.27. The molecule has 2 aromatic rings. The predicted octanol–water partition coefficient (Wildman–Crippen LogP) is 1.95. The van der Waals surface area contributed by atoms with Crippen molar-refractivity contribution in [1.29, 1.82) is 0 Å². The van der Waals surface area contributed by atoms with Crippen LogP contribution in [0.15, 0.2) is 32.8 Å². The first kappa shape index (κ1) is 20.2. The third-order valence-corrected chi connectivity index (χ3v) is 3.40. The molecule has 0 fully saturated rings. The molecule has 0 saturated carbocycles. The number of benzene rings is 1. The second-order valence-electron chi connectivity index (χ2n) is 5.35. The van der Waals surface area contributed by atoms with E-state index >= 15 is 0 Å². The molecule has 2 rings (SSSR count). The van der Waals surface area contributed by atoms with Gasteiger partial charge in [0.1, 0.15) is 23.6 Å². The number of hydrogen-bond acceptors (Lipinski definition) is 6. The number of aliphatic imine (C=N–C) groups is 1. The molecule has 0 aliphatic rings. The van der Waals surface area contributed by atoms with Crippen LogP contribution in [0.2, 0.25) is 0 Å². The average molecular weight is 387 g/mol. The number of halogens is 3. The molecule has 0 atom stereocenters. The lowest BCUT2D eigenvalue weighted by Gasteiger charge is -2.13. The van der Waals surface area contributed by atoms with Crippen LogP contribution in [0.3, 0.4) is 0 Å². The molecule has 1 aromatic heterocycles. The van der Waals surface area contributed by atoms with Crippen LogP contribution in [0.25, 0.3) is 0 Å². The van der Waals surface area contributed by atoms with Crippen molar-refractivity contribution in [1.82, 2.24) is 9.97 Å². The number of hydrogen-bond donors (Lipinski definition) is 3. The first-order valence-corrected chi connectivity index (χ1v) is 7.57. The number of aromatic hydroxyl groups is 1. The largest absolute Gasteiger partial charge is 0.494 e. The molecule has 0 bridgehead atoms. The fourth-order valence-electron chi connectivity index (χ4n) is 2.18. The Bertz CT molecular complexity index is 963. The van der Waals surface area contributed by atoms with E-state index in [1.165, 1.54) is 14.0 Å². The molecule has 11 heteroatoms. The van der Waals surface area contributed by atoms with Gasteiger partial charge in [-0.3, -0.25) is 14.8 Å². The Morgan fingerprint density at radius 3 is 2.52 bits per heavy atom. The summed E-state index contributed by atoms with van der Waals surface area (Å²) in [6.07, 6.45) is -4.61. The Labute approximate surface area is 150 Å². The van der Waals surface area contributed by atoms with Crippen LogP contribution < -0.4 is 16.0 Å². The molecule has 3 N–H and O–H groups in total. The Morgan fingerprint density at radius 2 is 1.93 bits per heavy atom. The molecule has 0 amide bonds. The van der Waals surface area contributed by atoms with Crippen LogP contribution in [0, 0.1) is 0 Å². The van der Waals surface area contributed by atoms with Crippen LogP contribution in [-0.4, -0.2) is 41.1 Å². The number of ether oxygens (including phenoxy) is 2. The van der Waals surface area contributed by atoms with E-state index in [4.69, 9.17) is 9.47 Å². The number of H-pyrrole nitrogens is 2. The molecule has 27 heavy (non-hydrogen) atoms. The third kappa shape index (κ3) is 4.97. The molecule has 1 aromatic carbocycles. The second kappa shape index (κ2) is 8.08. The lowest BCUT2D eigenvalue weighted by atomic mass is 10.1. The van der Waals surface area contributed by atoms with Crippen LogP contribution in [-0.2, 0) is 10.9 Å². The smallest absolute Gasteiger partial charge is 0.416 e. The van der Waals surface area contributed by atoms with E-state index in [-0.39, 0.29) is 35.9 Å². The average Bonchev–Trinajstić information content (AvgIpc) is 2.54. The Balaban J connectivity index is 2.55. The van der Waals surface area contributed by atoms with Gasteiger partial charge in [0.2, 0.25) is 5.88 Å². The van der Waals surface area contributed by atoms with Gasteiger partial charge >= 0.3 is 11.9 Å². The summed E-state index contributed by atoms with van der Waals surface area (Å²) < 4.78 is 49.2. The molecule has 0 aliphatic heterocycles. The summed E-state index contributed by atoms with van der Waals surface area (Å²) in [5.41, 5.74) is -3.55. The normalized spacial score (nSPS) is 12.3. The predicted molar refractivity (Wildman–Crippen MR) is 90.0 cm³/mol. The van der Waals surface area contributed by atoms with Crippen molar-refractivity contribution in [3.05, 3.63) is 50.2 Å². The van der Waals surface area contributed by atoms with Gasteiger partial charge in [0, 0.05) is 7.11 Å². The quantitative estimate of drug-likeness (QED) is 0.517. The van der Waals surface area contributed by atoms with Crippen LogP contribution in [0.5, 0.6) is 11.6 Å². The van der Waals surface area contributed by atoms with Crippen molar-refractivity contribution < 1.29 is 27.8 Å². The highest BCUT2D eigenvalue weighted by Crippen LogP contribution is 2.36. The molecule has 1 heterocycles. The minimum absolute atomic E-state index is 0.0275. The number of aromatic amines is 2. The van der Waals surface area contributed by atoms with Crippen molar-refractivity contribution >= 4 is 11.4 Å². The summed E-state index contributed by atoms with van der Waals surface area (Å²) in [6, 6.07) is 2.69. The highest BCUT2D eigenvalue weighted by Gasteiger charge is 2.31. The lowest BCUT2D eigenvalue weighted by molar-refractivity contribution is -0.137. The van der Waals surface area contributed by atoms with Crippen LogP contribution in [0.4, 0.5) is 18.9 Å². The number of aromatic nitrogens is 2.